The van der Waals surface area contributed by atoms with Crippen molar-refractivity contribution in [2.75, 3.05) is 6.54 Å². The van der Waals surface area contributed by atoms with Gasteiger partial charge in [0.05, 0.1) is 0 Å². The molecule has 1 atom stereocenters. The van der Waals surface area contributed by atoms with Crippen LogP contribution >= 0.6 is 0 Å². The Labute approximate surface area is 125 Å². The van der Waals surface area contributed by atoms with Gasteiger partial charge in [-0.15, -0.1) is 0 Å². The molecule has 0 aliphatic rings. The van der Waals surface area contributed by atoms with Crippen LogP contribution in [0, 0.1) is 18.6 Å². The minimum Gasteiger partial charge on any atom is -0.310 e. The molecule has 0 spiro atoms. The summed E-state index contributed by atoms with van der Waals surface area (Å²) in [5, 5.41) is 3.40. The third-order valence-electron chi connectivity index (χ3n) is 3.67. The smallest absolute Gasteiger partial charge is 0.123 e. The van der Waals surface area contributed by atoms with Crippen molar-refractivity contribution in [2.45, 2.75) is 33.2 Å². The molecule has 1 N–H and O–H groups in total. The highest BCUT2D eigenvalue weighted by Gasteiger charge is 2.14. The molecule has 0 radical (unpaired) electrons. The van der Waals surface area contributed by atoms with Crippen molar-refractivity contribution in [1.29, 1.82) is 0 Å². The number of hydrogen-bond donors (Lipinski definition) is 1. The Morgan fingerprint density at radius 2 is 1.62 bits per heavy atom. The van der Waals surface area contributed by atoms with Crippen LogP contribution in [0.3, 0.4) is 0 Å². The lowest BCUT2D eigenvalue weighted by molar-refractivity contribution is 0.568. The molecule has 0 aromatic heterocycles. The molecule has 0 fully saturated rings. The van der Waals surface area contributed by atoms with E-state index >= 15 is 0 Å². The third kappa shape index (κ3) is 3.67. The summed E-state index contributed by atoms with van der Waals surface area (Å²) in [7, 11) is 0. The Hall–Kier alpha value is -1.74. The Bertz CT molecular complexity index is 623. The molecule has 0 aliphatic heterocycles. The summed E-state index contributed by atoms with van der Waals surface area (Å²) in [6.07, 6.45) is 1.03. The molecule has 0 aliphatic carbocycles. The second-order valence-electron chi connectivity index (χ2n) is 5.37. The van der Waals surface area contributed by atoms with Gasteiger partial charge >= 0.3 is 0 Å². The molecular formula is C18H21F2N. The zero-order valence-corrected chi connectivity index (χ0v) is 12.7. The zero-order chi connectivity index (χ0) is 15.4. The summed E-state index contributed by atoms with van der Waals surface area (Å²) < 4.78 is 27.2. The Morgan fingerprint density at radius 1 is 1.00 bits per heavy atom. The Kier molecular flexibility index (Phi) is 5.07. The highest BCUT2D eigenvalue weighted by atomic mass is 19.1. The molecule has 0 saturated heterocycles. The van der Waals surface area contributed by atoms with Crippen LogP contribution in [0.5, 0.6) is 0 Å². The number of rotatable bonds is 5. The number of nitrogens with one attached hydrogen (secondary N) is 1. The maximum Gasteiger partial charge on any atom is 0.123 e. The molecular weight excluding hydrogens is 268 g/mol. The fourth-order valence-corrected chi connectivity index (χ4v) is 2.49. The van der Waals surface area contributed by atoms with E-state index in [1.807, 2.05) is 13.8 Å². The van der Waals surface area contributed by atoms with Gasteiger partial charge in [0.25, 0.3) is 0 Å². The monoisotopic (exact) mass is 289 g/mol. The van der Waals surface area contributed by atoms with E-state index in [1.54, 1.807) is 12.1 Å². The van der Waals surface area contributed by atoms with Crippen LogP contribution in [0.25, 0.3) is 11.1 Å². The maximum absolute atomic E-state index is 13.7. The SMILES string of the molecule is CCCNC(C)c1ccc(F)cc1-c1cc(F)ccc1C. The third-order valence-corrected chi connectivity index (χ3v) is 3.67. The molecule has 0 bridgehead atoms. The lowest BCUT2D eigenvalue weighted by Gasteiger charge is -2.19. The molecule has 1 unspecified atom stereocenters. The summed E-state index contributed by atoms with van der Waals surface area (Å²) in [4.78, 5) is 0. The molecule has 0 heterocycles. The van der Waals surface area contributed by atoms with Crippen LogP contribution in [0.2, 0.25) is 0 Å². The number of hydrogen-bond acceptors (Lipinski definition) is 1. The molecule has 3 heteroatoms. The van der Waals surface area contributed by atoms with Gasteiger partial charge in [-0.25, -0.2) is 8.78 Å². The van der Waals surface area contributed by atoms with Crippen LogP contribution in [0.15, 0.2) is 36.4 Å². The minimum atomic E-state index is -0.306. The zero-order valence-electron chi connectivity index (χ0n) is 12.7. The predicted molar refractivity (Wildman–Crippen MR) is 83.2 cm³/mol. The highest BCUT2D eigenvalue weighted by molar-refractivity contribution is 5.71. The minimum absolute atomic E-state index is 0.0863. The average molecular weight is 289 g/mol. The lowest BCUT2D eigenvalue weighted by atomic mass is 9.92. The van der Waals surface area contributed by atoms with E-state index in [0.29, 0.717) is 0 Å². The molecule has 2 aromatic rings. The summed E-state index contributed by atoms with van der Waals surface area (Å²) >= 11 is 0. The molecule has 2 aromatic carbocycles. The molecule has 2 rings (SSSR count). The fourth-order valence-electron chi connectivity index (χ4n) is 2.49. The van der Waals surface area contributed by atoms with Crippen LogP contribution in [-0.4, -0.2) is 6.54 Å². The summed E-state index contributed by atoms with van der Waals surface area (Å²) in [5.74, 6) is -0.611. The van der Waals surface area contributed by atoms with E-state index < -0.39 is 0 Å². The summed E-state index contributed by atoms with van der Waals surface area (Å²) in [5.41, 5.74) is 3.42. The second-order valence-corrected chi connectivity index (χ2v) is 5.37. The number of benzene rings is 2. The Balaban J connectivity index is 2.51. The van der Waals surface area contributed by atoms with Crippen molar-refractivity contribution in [2.24, 2.45) is 0 Å². The van der Waals surface area contributed by atoms with Crippen LogP contribution < -0.4 is 5.32 Å². The molecule has 0 saturated carbocycles. The largest absolute Gasteiger partial charge is 0.310 e. The van der Waals surface area contributed by atoms with Gasteiger partial charge in [0, 0.05) is 6.04 Å². The standard InChI is InChI=1S/C18H21F2N/c1-4-9-21-13(3)16-8-7-15(20)11-18(16)17-10-14(19)6-5-12(17)2/h5-8,10-11,13,21H,4,9H2,1-3H3. The molecule has 1 nitrogen and oxygen atoms in total. The summed E-state index contributed by atoms with van der Waals surface area (Å²) in [6, 6.07) is 9.43. The first-order chi connectivity index (χ1) is 10.0. The first-order valence-electron chi connectivity index (χ1n) is 7.32. The van der Waals surface area contributed by atoms with Gasteiger partial charge < -0.3 is 5.32 Å². The average Bonchev–Trinajstić information content (AvgIpc) is 2.47. The van der Waals surface area contributed by atoms with E-state index in [1.165, 1.54) is 24.3 Å². The van der Waals surface area contributed by atoms with Crippen molar-refractivity contribution < 1.29 is 8.78 Å². The van der Waals surface area contributed by atoms with E-state index in [4.69, 9.17) is 0 Å². The molecule has 112 valence electrons. The highest BCUT2D eigenvalue weighted by Crippen LogP contribution is 2.31. The van der Waals surface area contributed by atoms with Crippen LogP contribution in [0.4, 0.5) is 8.78 Å². The van der Waals surface area contributed by atoms with Gasteiger partial charge in [-0.05, 0) is 73.3 Å². The van der Waals surface area contributed by atoms with E-state index in [2.05, 4.69) is 12.2 Å². The van der Waals surface area contributed by atoms with Gasteiger partial charge in [-0.2, -0.15) is 0 Å². The van der Waals surface area contributed by atoms with E-state index in [-0.39, 0.29) is 17.7 Å². The van der Waals surface area contributed by atoms with Gasteiger partial charge in [-0.1, -0.05) is 19.1 Å². The maximum atomic E-state index is 13.7. The van der Waals surface area contributed by atoms with E-state index in [0.717, 1.165) is 35.2 Å². The van der Waals surface area contributed by atoms with Crippen LogP contribution in [-0.2, 0) is 0 Å². The van der Waals surface area contributed by atoms with Crippen molar-refractivity contribution in [3.63, 3.8) is 0 Å². The van der Waals surface area contributed by atoms with Crippen molar-refractivity contribution in [3.05, 3.63) is 59.2 Å². The van der Waals surface area contributed by atoms with Crippen molar-refractivity contribution in [3.8, 4) is 11.1 Å². The molecule has 21 heavy (non-hydrogen) atoms. The van der Waals surface area contributed by atoms with Gasteiger partial charge in [0.2, 0.25) is 0 Å². The van der Waals surface area contributed by atoms with Crippen LogP contribution in [0.1, 0.15) is 37.4 Å². The summed E-state index contributed by atoms with van der Waals surface area (Å²) in [6.45, 7) is 6.94. The number of aryl methyl sites for hydroxylation is 1. The van der Waals surface area contributed by atoms with Crippen molar-refractivity contribution >= 4 is 0 Å². The quantitative estimate of drug-likeness (QED) is 0.816. The van der Waals surface area contributed by atoms with E-state index in [9.17, 15) is 8.78 Å². The van der Waals surface area contributed by atoms with Crippen molar-refractivity contribution in [1.82, 2.24) is 5.32 Å². The predicted octanol–water partition coefficient (Wildman–Crippen LogP) is 5.00. The first-order valence-corrected chi connectivity index (χ1v) is 7.32. The van der Waals surface area contributed by atoms with Gasteiger partial charge in [0.1, 0.15) is 11.6 Å². The van der Waals surface area contributed by atoms with Gasteiger partial charge in [0.15, 0.2) is 0 Å². The van der Waals surface area contributed by atoms with Gasteiger partial charge in [-0.3, -0.25) is 0 Å². The molecule has 0 amide bonds. The Morgan fingerprint density at radius 3 is 2.29 bits per heavy atom. The fraction of sp³-hybridized carbons (Fsp3) is 0.333. The first kappa shape index (κ1) is 15.6. The lowest BCUT2D eigenvalue weighted by Crippen LogP contribution is -2.20. The second kappa shape index (κ2) is 6.81. The number of halogens is 2. The normalized spacial score (nSPS) is 12.4. The topological polar surface area (TPSA) is 12.0 Å².